The first-order valence-electron chi connectivity index (χ1n) is 8.84. The summed E-state index contributed by atoms with van der Waals surface area (Å²) in [5, 5.41) is 6.50. The van der Waals surface area contributed by atoms with E-state index >= 15 is 0 Å². The summed E-state index contributed by atoms with van der Waals surface area (Å²) in [5.74, 6) is -0.0898. The summed E-state index contributed by atoms with van der Waals surface area (Å²) in [6.07, 6.45) is -1.03. The average molecular weight is 415 g/mol. The smallest absolute Gasteiger partial charge is 0.344 e. The summed E-state index contributed by atoms with van der Waals surface area (Å²) in [6.45, 7) is 2.76. The summed E-state index contributed by atoms with van der Waals surface area (Å²) in [6, 6.07) is 16.6. The Morgan fingerprint density at radius 1 is 1.14 bits per heavy atom. The number of carbonyl (C=O) groups is 2. The van der Waals surface area contributed by atoms with Crippen molar-refractivity contribution in [2.75, 3.05) is 11.9 Å². The quantitative estimate of drug-likeness (QED) is 0.581. The van der Waals surface area contributed by atoms with Crippen LogP contribution < -0.4 is 10.1 Å². The lowest BCUT2D eigenvalue weighted by Crippen LogP contribution is -2.31. The number of amides is 1. The number of nitrogens with zero attached hydrogens (tertiary/aromatic N) is 1. The molecule has 1 aromatic heterocycles. The highest BCUT2D eigenvalue weighted by Crippen LogP contribution is 2.30. The Morgan fingerprint density at radius 3 is 2.55 bits per heavy atom. The molecule has 8 heteroatoms. The van der Waals surface area contributed by atoms with E-state index in [2.05, 4.69) is 10.5 Å². The van der Waals surface area contributed by atoms with Crippen LogP contribution in [0.25, 0.3) is 11.1 Å². The number of esters is 1. The lowest BCUT2D eigenvalue weighted by atomic mass is 10.1. The Morgan fingerprint density at radius 2 is 1.90 bits per heavy atom. The molecular weight excluding hydrogens is 396 g/mol. The first-order valence-corrected chi connectivity index (χ1v) is 9.21. The average Bonchev–Trinajstić information content (AvgIpc) is 3.12. The van der Waals surface area contributed by atoms with Crippen LogP contribution in [-0.2, 0) is 14.3 Å². The first-order chi connectivity index (χ1) is 13.9. The topological polar surface area (TPSA) is 90.7 Å². The Bertz CT molecular complexity index is 1000. The van der Waals surface area contributed by atoms with Crippen LogP contribution in [0.2, 0.25) is 5.02 Å². The highest BCUT2D eigenvalue weighted by molar-refractivity contribution is 6.32. The predicted octanol–water partition coefficient (Wildman–Crippen LogP) is 4.25. The minimum atomic E-state index is -1.03. The molecular formula is C21H19ClN2O5. The molecule has 0 radical (unpaired) electrons. The Labute approximate surface area is 172 Å². The molecule has 0 unspecified atom stereocenters. The molecule has 2 aromatic carbocycles. The molecule has 3 rings (SSSR count). The number of hydrogen-bond donors (Lipinski definition) is 1. The molecule has 150 valence electrons. The molecule has 7 nitrogen and oxygen atoms in total. The second kappa shape index (κ2) is 9.25. The second-order valence-corrected chi connectivity index (χ2v) is 6.65. The number of aromatic nitrogens is 1. The van der Waals surface area contributed by atoms with Gasteiger partial charge in [0.15, 0.2) is 18.5 Å². The van der Waals surface area contributed by atoms with Crippen molar-refractivity contribution in [1.29, 1.82) is 0 Å². The Kier molecular flexibility index (Phi) is 6.51. The van der Waals surface area contributed by atoms with Crippen molar-refractivity contribution in [3.63, 3.8) is 0 Å². The van der Waals surface area contributed by atoms with E-state index in [0.717, 1.165) is 11.1 Å². The molecule has 29 heavy (non-hydrogen) atoms. The molecule has 0 bridgehead atoms. The molecule has 1 N–H and O–H groups in total. The van der Waals surface area contributed by atoms with Gasteiger partial charge in [-0.05, 0) is 37.1 Å². The Hall–Kier alpha value is -3.32. The standard InChI is InChI=1S/C21H19ClN2O5/c1-13-10-19(24-29-13)23-21(26)14(2)28-20(25)12-27-18-9-8-16(11-17(18)22)15-6-4-3-5-7-15/h3-11,14H,12H2,1-2H3,(H,23,24,26)/t14-/m1/s1. The van der Waals surface area contributed by atoms with E-state index in [4.69, 9.17) is 25.6 Å². The lowest BCUT2D eigenvalue weighted by molar-refractivity contribution is -0.155. The van der Waals surface area contributed by atoms with Gasteiger partial charge in [-0.25, -0.2) is 4.79 Å². The SMILES string of the molecule is Cc1cc(NC(=O)[C@@H](C)OC(=O)COc2ccc(-c3ccccc3)cc2Cl)no1. The van der Waals surface area contributed by atoms with Gasteiger partial charge in [-0.15, -0.1) is 0 Å². The largest absolute Gasteiger partial charge is 0.480 e. The highest BCUT2D eigenvalue weighted by atomic mass is 35.5. The lowest BCUT2D eigenvalue weighted by Gasteiger charge is -2.13. The van der Waals surface area contributed by atoms with Crippen LogP contribution in [0.15, 0.2) is 59.1 Å². The summed E-state index contributed by atoms with van der Waals surface area (Å²) in [7, 11) is 0. The van der Waals surface area contributed by atoms with Gasteiger partial charge in [0.1, 0.15) is 11.5 Å². The number of rotatable bonds is 7. The van der Waals surface area contributed by atoms with Gasteiger partial charge in [0.2, 0.25) is 0 Å². The maximum atomic E-state index is 12.0. The molecule has 3 aromatic rings. The summed E-state index contributed by atoms with van der Waals surface area (Å²) in [5.41, 5.74) is 1.95. The zero-order valence-corrected chi connectivity index (χ0v) is 16.6. The van der Waals surface area contributed by atoms with E-state index < -0.39 is 18.0 Å². The van der Waals surface area contributed by atoms with Crippen molar-refractivity contribution in [3.8, 4) is 16.9 Å². The van der Waals surface area contributed by atoms with Crippen molar-refractivity contribution >= 4 is 29.3 Å². The van der Waals surface area contributed by atoms with Crippen LogP contribution in [0.5, 0.6) is 5.75 Å². The van der Waals surface area contributed by atoms with Crippen LogP contribution in [0.3, 0.4) is 0 Å². The third-order valence-corrected chi connectivity index (χ3v) is 4.24. The van der Waals surface area contributed by atoms with Gasteiger partial charge in [-0.3, -0.25) is 4.79 Å². The fourth-order valence-electron chi connectivity index (χ4n) is 2.50. The molecule has 1 amide bonds. The van der Waals surface area contributed by atoms with Crippen molar-refractivity contribution in [1.82, 2.24) is 5.16 Å². The fourth-order valence-corrected chi connectivity index (χ4v) is 2.74. The molecule has 0 saturated carbocycles. The highest BCUT2D eigenvalue weighted by Gasteiger charge is 2.19. The number of aryl methyl sites for hydroxylation is 1. The molecule has 0 spiro atoms. The number of carbonyl (C=O) groups excluding carboxylic acids is 2. The molecule has 1 atom stereocenters. The molecule has 1 heterocycles. The minimum absolute atomic E-state index is 0.247. The zero-order chi connectivity index (χ0) is 20.8. The maximum Gasteiger partial charge on any atom is 0.344 e. The number of anilines is 1. The normalized spacial score (nSPS) is 11.6. The van der Waals surface area contributed by atoms with Gasteiger partial charge in [-0.1, -0.05) is 53.2 Å². The minimum Gasteiger partial charge on any atom is -0.480 e. The van der Waals surface area contributed by atoms with Gasteiger partial charge in [0, 0.05) is 6.07 Å². The van der Waals surface area contributed by atoms with Crippen molar-refractivity contribution in [2.45, 2.75) is 20.0 Å². The number of hydrogen-bond acceptors (Lipinski definition) is 6. The van der Waals surface area contributed by atoms with Crippen molar-refractivity contribution < 1.29 is 23.6 Å². The van der Waals surface area contributed by atoms with E-state index in [1.807, 2.05) is 36.4 Å². The summed E-state index contributed by atoms with van der Waals surface area (Å²) >= 11 is 6.25. The molecule has 0 aliphatic rings. The second-order valence-electron chi connectivity index (χ2n) is 6.24. The third-order valence-electron chi connectivity index (χ3n) is 3.94. The van der Waals surface area contributed by atoms with Gasteiger partial charge >= 0.3 is 5.97 Å². The first kappa shape index (κ1) is 20.4. The van der Waals surface area contributed by atoms with Crippen LogP contribution in [0, 0.1) is 6.92 Å². The van der Waals surface area contributed by atoms with Crippen LogP contribution in [0.4, 0.5) is 5.82 Å². The van der Waals surface area contributed by atoms with E-state index in [1.54, 1.807) is 25.1 Å². The van der Waals surface area contributed by atoms with Crippen LogP contribution in [-0.4, -0.2) is 29.7 Å². The van der Waals surface area contributed by atoms with E-state index in [0.29, 0.717) is 16.5 Å². The van der Waals surface area contributed by atoms with Gasteiger partial charge < -0.3 is 19.3 Å². The molecule has 0 aliphatic carbocycles. The van der Waals surface area contributed by atoms with Crippen LogP contribution >= 0.6 is 11.6 Å². The Balaban J connectivity index is 1.51. The number of halogens is 1. The number of benzene rings is 2. The molecule has 0 fully saturated rings. The summed E-state index contributed by atoms with van der Waals surface area (Å²) < 4.78 is 15.4. The third kappa shape index (κ3) is 5.58. The zero-order valence-electron chi connectivity index (χ0n) is 15.8. The molecule has 0 aliphatic heterocycles. The number of ether oxygens (including phenoxy) is 2. The van der Waals surface area contributed by atoms with Crippen molar-refractivity contribution in [3.05, 3.63) is 65.4 Å². The van der Waals surface area contributed by atoms with Gasteiger partial charge in [0.25, 0.3) is 5.91 Å². The van der Waals surface area contributed by atoms with Crippen molar-refractivity contribution in [2.24, 2.45) is 0 Å². The van der Waals surface area contributed by atoms with E-state index in [-0.39, 0.29) is 12.4 Å². The van der Waals surface area contributed by atoms with Gasteiger partial charge in [-0.2, -0.15) is 0 Å². The summed E-state index contributed by atoms with van der Waals surface area (Å²) in [4.78, 5) is 24.0. The van der Waals surface area contributed by atoms with E-state index in [9.17, 15) is 9.59 Å². The predicted molar refractivity (Wildman–Crippen MR) is 108 cm³/mol. The maximum absolute atomic E-state index is 12.0. The van der Waals surface area contributed by atoms with Crippen LogP contribution in [0.1, 0.15) is 12.7 Å². The van der Waals surface area contributed by atoms with E-state index in [1.165, 1.54) is 6.92 Å². The monoisotopic (exact) mass is 414 g/mol. The molecule has 0 saturated heterocycles. The van der Waals surface area contributed by atoms with Gasteiger partial charge in [0.05, 0.1) is 5.02 Å². The fraction of sp³-hybridized carbons (Fsp3) is 0.190. The number of nitrogens with one attached hydrogen (secondary N) is 1.